The maximum atomic E-state index is 11.5. The Labute approximate surface area is 77.7 Å². The second-order valence-electron chi connectivity index (χ2n) is 2.87. The van der Waals surface area contributed by atoms with Gasteiger partial charge >= 0.3 is 5.69 Å². The molecule has 0 saturated carbocycles. The smallest absolute Gasteiger partial charge is 0.269 e. The molecule has 0 amide bonds. The fraction of sp³-hybridized carbons (Fsp3) is 0.250. The number of aryl methyl sites for hydroxylation is 1. The molecule has 0 fully saturated rings. The van der Waals surface area contributed by atoms with Crippen LogP contribution in [0.5, 0.6) is 0 Å². The van der Waals surface area contributed by atoms with Gasteiger partial charge in [0.25, 0.3) is 5.56 Å². The molecule has 2 rings (SSSR count). The topological polar surface area (TPSA) is 43.5 Å². The van der Waals surface area contributed by atoms with Crippen LogP contribution in [-0.2, 0) is 7.05 Å². The Hall–Kier alpha value is -1.36. The number of aromatic nitrogens is 2. The summed E-state index contributed by atoms with van der Waals surface area (Å²) in [5, 5.41) is 0. The maximum absolute atomic E-state index is 11.5. The van der Waals surface area contributed by atoms with Crippen LogP contribution in [0.25, 0.3) is 4.83 Å². The van der Waals surface area contributed by atoms with Gasteiger partial charge in [0.05, 0.1) is 0 Å². The van der Waals surface area contributed by atoms with Crippen molar-refractivity contribution in [3.05, 3.63) is 38.0 Å². The minimum atomic E-state index is -0.285. The molecule has 0 atom stereocenters. The Morgan fingerprint density at radius 3 is 2.77 bits per heavy atom. The largest absolute Gasteiger partial charge is 0.335 e. The van der Waals surface area contributed by atoms with Crippen LogP contribution in [0, 0.1) is 6.92 Å². The molecular formula is C8H8N2O2S. The average molecular weight is 196 g/mol. The molecular weight excluding hydrogens is 188 g/mol. The summed E-state index contributed by atoms with van der Waals surface area (Å²) in [6.07, 6.45) is 1.74. The molecule has 68 valence electrons. The van der Waals surface area contributed by atoms with E-state index in [1.165, 1.54) is 28.9 Å². The van der Waals surface area contributed by atoms with Gasteiger partial charge < -0.3 is 0 Å². The lowest BCUT2D eigenvalue weighted by atomic mass is 10.6. The van der Waals surface area contributed by atoms with Gasteiger partial charge in [-0.05, 0) is 6.92 Å². The average Bonchev–Trinajstić information content (AvgIpc) is 2.42. The summed E-state index contributed by atoms with van der Waals surface area (Å²) in [6, 6.07) is 1.47. The Morgan fingerprint density at radius 1 is 1.38 bits per heavy atom. The van der Waals surface area contributed by atoms with Crippen LogP contribution in [0.15, 0.2) is 21.9 Å². The van der Waals surface area contributed by atoms with Crippen LogP contribution in [0.4, 0.5) is 0 Å². The second kappa shape index (κ2) is 2.56. The van der Waals surface area contributed by atoms with E-state index in [4.69, 9.17) is 0 Å². The van der Waals surface area contributed by atoms with Gasteiger partial charge in [-0.2, -0.15) is 0 Å². The van der Waals surface area contributed by atoms with Crippen molar-refractivity contribution < 1.29 is 0 Å². The molecule has 0 aliphatic carbocycles. The monoisotopic (exact) mass is 196 g/mol. The molecule has 2 heterocycles. The van der Waals surface area contributed by atoms with E-state index >= 15 is 0 Å². The normalized spacial score (nSPS) is 10.9. The summed E-state index contributed by atoms with van der Waals surface area (Å²) < 4.78 is 2.58. The van der Waals surface area contributed by atoms with Gasteiger partial charge in [0, 0.05) is 24.2 Å². The number of thiazole rings is 1. The lowest BCUT2D eigenvalue weighted by molar-refractivity contribution is 0.760. The first-order valence-corrected chi connectivity index (χ1v) is 4.60. The highest BCUT2D eigenvalue weighted by Gasteiger charge is 2.04. The van der Waals surface area contributed by atoms with Crippen LogP contribution in [-0.4, -0.2) is 8.97 Å². The first-order chi connectivity index (χ1) is 6.09. The van der Waals surface area contributed by atoms with Crippen molar-refractivity contribution in [3.63, 3.8) is 0 Å². The number of nitrogens with zero attached hydrogens (tertiary/aromatic N) is 2. The third-order valence-corrected chi connectivity index (χ3v) is 2.84. The molecule has 2 aromatic rings. The number of rotatable bonds is 0. The Bertz CT molecular complexity index is 576. The van der Waals surface area contributed by atoms with Crippen molar-refractivity contribution >= 4 is 16.2 Å². The first-order valence-electron chi connectivity index (χ1n) is 3.78. The zero-order chi connectivity index (χ0) is 9.59. The zero-order valence-corrected chi connectivity index (χ0v) is 8.09. The summed E-state index contributed by atoms with van der Waals surface area (Å²) >= 11 is 1.44. The van der Waals surface area contributed by atoms with E-state index in [1.807, 2.05) is 6.92 Å². The Morgan fingerprint density at radius 2 is 2.08 bits per heavy atom. The van der Waals surface area contributed by atoms with E-state index in [1.54, 1.807) is 6.20 Å². The van der Waals surface area contributed by atoms with Gasteiger partial charge in [0.1, 0.15) is 4.83 Å². The van der Waals surface area contributed by atoms with Gasteiger partial charge in [-0.15, -0.1) is 11.3 Å². The highest BCUT2D eigenvalue weighted by molar-refractivity contribution is 7.17. The predicted octanol–water partition coefficient (Wildman–Crippen LogP) is 0.368. The number of fused-ring (bicyclic) bond motifs is 1. The van der Waals surface area contributed by atoms with Crippen LogP contribution < -0.4 is 11.2 Å². The molecule has 4 nitrogen and oxygen atoms in total. The second-order valence-corrected chi connectivity index (χ2v) is 4.14. The Balaban J connectivity index is 3.10. The predicted molar refractivity (Wildman–Crippen MR) is 51.5 cm³/mol. The third kappa shape index (κ3) is 1.12. The molecule has 0 N–H and O–H groups in total. The van der Waals surface area contributed by atoms with E-state index in [9.17, 15) is 9.59 Å². The fourth-order valence-corrected chi connectivity index (χ4v) is 2.07. The maximum Gasteiger partial charge on any atom is 0.335 e. The molecule has 5 heteroatoms. The minimum Gasteiger partial charge on any atom is -0.269 e. The summed E-state index contributed by atoms with van der Waals surface area (Å²) in [7, 11) is 1.48. The van der Waals surface area contributed by atoms with Crippen LogP contribution in [0.1, 0.15) is 4.88 Å². The lowest BCUT2D eigenvalue weighted by Crippen LogP contribution is -2.33. The van der Waals surface area contributed by atoms with Crippen molar-refractivity contribution in [1.82, 2.24) is 8.97 Å². The van der Waals surface area contributed by atoms with Gasteiger partial charge in [0.2, 0.25) is 0 Å². The van der Waals surface area contributed by atoms with E-state index in [-0.39, 0.29) is 11.2 Å². The van der Waals surface area contributed by atoms with Gasteiger partial charge in [-0.25, -0.2) is 4.79 Å². The molecule has 13 heavy (non-hydrogen) atoms. The molecule has 0 aliphatic rings. The standard InChI is InChI=1S/C8H8N2O2S/c1-5-4-10-7(13-5)3-6(11)9(2)8(10)12/h3-4H,1-2H3. The van der Waals surface area contributed by atoms with E-state index in [2.05, 4.69) is 0 Å². The van der Waals surface area contributed by atoms with E-state index in [0.717, 1.165) is 9.44 Å². The number of hydrogen-bond donors (Lipinski definition) is 0. The number of hydrogen-bond acceptors (Lipinski definition) is 3. The van der Waals surface area contributed by atoms with Crippen LogP contribution in [0.2, 0.25) is 0 Å². The molecule has 0 saturated heterocycles. The fourth-order valence-electron chi connectivity index (χ4n) is 1.19. The van der Waals surface area contributed by atoms with Crippen LogP contribution >= 0.6 is 11.3 Å². The highest BCUT2D eigenvalue weighted by atomic mass is 32.1. The minimum absolute atomic E-state index is 0.258. The highest BCUT2D eigenvalue weighted by Crippen LogP contribution is 2.12. The van der Waals surface area contributed by atoms with Crippen molar-refractivity contribution in [2.75, 3.05) is 0 Å². The zero-order valence-electron chi connectivity index (χ0n) is 7.27. The summed E-state index contributed by atoms with van der Waals surface area (Å²) in [6.45, 7) is 1.90. The molecule has 0 radical (unpaired) electrons. The molecule has 0 aromatic carbocycles. The van der Waals surface area contributed by atoms with Crippen LogP contribution in [0.3, 0.4) is 0 Å². The van der Waals surface area contributed by atoms with Crippen molar-refractivity contribution in [1.29, 1.82) is 0 Å². The van der Waals surface area contributed by atoms with Gasteiger partial charge in [0.15, 0.2) is 0 Å². The van der Waals surface area contributed by atoms with Gasteiger partial charge in [-0.1, -0.05) is 0 Å². The molecule has 0 unspecified atom stereocenters. The van der Waals surface area contributed by atoms with E-state index < -0.39 is 0 Å². The summed E-state index contributed by atoms with van der Waals surface area (Å²) in [4.78, 5) is 24.4. The van der Waals surface area contributed by atoms with Crippen molar-refractivity contribution in [2.24, 2.45) is 7.05 Å². The van der Waals surface area contributed by atoms with Crippen molar-refractivity contribution in [3.8, 4) is 0 Å². The molecule has 0 bridgehead atoms. The first kappa shape index (κ1) is 8.25. The summed E-state index contributed by atoms with van der Waals surface area (Å²) in [5.41, 5.74) is -0.543. The molecule has 0 aliphatic heterocycles. The summed E-state index contributed by atoms with van der Waals surface area (Å²) in [5.74, 6) is 0. The van der Waals surface area contributed by atoms with Gasteiger partial charge in [-0.3, -0.25) is 13.8 Å². The third-order valence-electron chi connectivity index (χ3n) is 1.88. The SMILES string of the molecule is Cc1cn2c(=O)n(C)c(=O)cc2s1. The molecule has 2 aromatic heterocycles. The lowest BCUT2D eigenvalue weighted by Gasteiger charge is -1.95. The van der Waals surface area contributed by atoms with Crippen molar-refractivity contribution in [2.45, 2.75) is 6.92 Å². The molecule has 0 spiro atoms. The quantitative estimate of drug-likeness (QED) is 0.611. The van der Waals surface area contributed by atoms with E-state index in [0.29, 0.717) is 4.83 Å². The Kier molecular flexibility index (Phi) is 1.63.